The van der Waals surface area contributed by atoms with Gasteiger partial charge >= 0.3 is 18.9 Å². The molecule has 11 heteroatoms. The first-order chi connectivity index (χ1) is 12.8. The van der Waals surface area contributed by atoms with Crippen LogP contribution in [-0.4, -0.2) is 41.0 Å². The number of fused-ring (bicyclic) bond motifs is 1. The number of aryl methyl sites for hydroxylation is 1. The van der Waals surface area contributed by atoms with Crippen molar-refractivity contribution in [1.82, 2.24) is 15.3 Å². The average Bonchev–Trinajstić information content (AvgIpc) is 2.95. The van der Waals surface area contributed by atoms with Gasteiger partial charge in [-0.1, -0.05) is 34.8 Å². The number of carboxylic acid groups (broad SMARTS) is 1. The number of H-pyrrole nitrogens is 1. The van der Waals surface area contributed by atoms with Crippen LogP contribution in [0.1, 0.15) is 26.5 Å². The van der Waals surface area contributed by atoms with Crippen LogP contribution >= 0.6 is 34.8 Å². The molecule has 0 aromatic carbocycles. The molecule has 2 fully saturated rings. The van der Waals surface area contributed by atoms with E-state index in [4.69, 9.17) is 34.8 Å². The second kappa shape index (κ2) is 7.81. The molecule has 142 valence electrons. The Morgan fingerprint density at radius 2 is 1.86 bits per heavy atom. The number of aromatic nitrogens is 2. The molecule has 3 atom stereocenters. The zero-order valence-corrected chi connectivity index (χ0v) is 17.3. The summed E-state index contributed by atoms with van der Waals surface area (Å²) in [5.41, 5.74) is 0.893. The van der Waals surface area contributed by atoms with E-state index in [0.717, 1.165) is 0 Å². The number of carboxylic acids is 1. The second-order valence-electron chi connectivity index (χ2n) is 6.81. The van der Waals surface area contributed by atoms with Gasteiger partial charge in [-0.15, -0.1) is 0 Å². The molecule has 0 radical (unpaired) electrons. The van der Waals surface area contributed by atoms with E-state index in [0.29, 0.717) is 29.6 Å². The summed E-state index contributed by atoms with van der Waals surface area (Å²) in [7, 11) is 0. The standard InChI is InChI=1S/C17H15Cl3N4O3.Li/c1-6-12(19)13(20)15(21-6)16(25)23-14-8-4-24(5-9(8)14)11-3-7(17(26)27)2-10(18)22-11;/h2-3,8-9,14,21H,4-5H2,1H3,(H,23,25)(H,26,27);/q;+1/p-1/t8-,9+,14?;. The van der Waals surface area contributed by atoms with Gasteiger partial charge in [0.2, 0.25) is 0 Å². The molecule has 1 aliphatic heterocycles. The number of amides is 1. The third kappa shape index (κ3) is 3.74. The predicted molar refractivity (Wildman–Crippen MR) is 99.6 cm³/mol. The first kappa shape index (κ1) is 21.3. The topological polar surface area (TPSA) is 101 Å². The van der Waals surface area contributed by atoms with Crippen LogP contribution < -0.4 is 34.2 Å². The van der Waals surface area contributed by atoms with Crippen LogP contribution in [0.15, 0.2) is 12.1 Å². The van der Waals surface area contributed by atoms with E-state index in [1.54, 1.807) is 6.92 Å². The van der Waals surface area contributed by atoms with Gasteiger partial charge in [0.05, 0.1) is 16.0 Å². The molecule has 3 heterocycles. The van der Waals surface area contributed by atoms with Crippen molar-refractivity contribution in [2.45, 2.75) is 13.0 Å². The van der Waals surface area contributed by atoms with Crippen molar-refractivity contribution < 1.29 is 33.6 Å². The van der Waals surface area contributed by atoms with Gasteiger partial charge in [-0.2, -0.15) is 0 Å². The van der Waals surface area contributed by atoms with E-state index in [1.165, 1.54) is 12.1 Å². The number of halogens is 3. The largest absolute Gasteiger partial charge is 1.00 e. The summed E-state index contributed by atoms with van der Waals surface area (Å²) in [4.78, 5) is 32.5. The molecule has 2 N–H and O–H groups in total. The van der Waals surface area contributed by atoms with Gasteiger partial charge < -0.3 is 25.1 Å². The van der Waals surface area contributed by atoms with Gasteiger partial charge in [-0.25, -0.2) is 4.98 Å². The molecule has 1 amide bonds. The van der Waals surface area contributed by atoms with Crippen LogP contribution in [0.5, 0.6) is 0 Å². The molecule has 1 saturated heterocycles. The second-order valence-corrected chi connectivity index (χ2v) is 7.95. The Hall–Kier alpha value is -1.36. The number of anilines is 1. The maximum Gasteiger partial charge on any atom is 1.00 e. The van der Waals surface area contributed by atoms with E-state index in [-0.39, 0.29) is 64.1 Å². The van der Waals surface area contributed by atoms with Gasteiger partial charge in [-0.05, 0) is 19.1 Å². The van der Waals surface area contributed by atoms with E-state index >= 15 is 0 Å². The monoisotopic (exact) mass is 434 g/mol. The number of aromatic amines is 1. The number of pyridine rings is 1. The molecule has 2 aromatic rings. The summed E-state index contributed by atoms with van der Waals surface area (Å²) in [6, 6.07) is 2.74. The number of aromatic carboxylic acids is 1. The summed E-state index contributed by atoms with van der Waals surface area (Å²) in [6.45, 7) is 3.04. The third-order valence-electron chi connectivity index (χ3n) is 5.11. The van der Waals surface area contributed by atoms with Crippen molar-refractivity contribution in [3.63, 3.8) is 0 Å². The Balaban J connectivity index is 0.00000225. The molecule has 1 saturated carbocycles. The first-order valence-corrected chi connectivity index (χ1v) is 9.38. The Bertz CT molecular complexity index is 955. The Morgan fingerprint density at radius 3 is 2.39 bits per heavy atom. The number of carbonyl (C=O) groups is 2. The minimum Gasteiger partial charge on any atom is -0.545 e. The van der Waals surface area contributed by atoms with Gasteiger partial charge in [0, 0.05) is 42.2 Å². The molecule has 0 spiro atoms. The fourth-order valence-electron chi connectivity index (χ4n) is 3.64. The number of hydrogen-bond acceptors (Lipinski definition) is 5. The van der Waals surface area contributed by atoms with Crippen molar-refractivity contribution in [3.8, 4) is 0 Å². The predicted octanol–water partition coefficient (Wildman–Crippen LogP) is -1.09. The molecular weight excluding hydrogens is 422 g/mol. The van der Waals surface area contributed by atoms with Crippen molar-refractivity contribution in [2.75, 3.05) is 18.0 Å². The number of piperidine rings is 1. The fraction of sp³-hybridized carbons (Fsp3) is 0.353. The summed E-state index contributed by atoms with van der Waals surface area (Å²) >= 11 is 18.0. The molecule has 7 nitrogen and oxygen atoms in total. The Morgan fingerprint density at radius 1 is 1.21 bits per heavy atom. The van der Waals surface area contributed by atoms with E-state index in [2.05, 4.69) is 15.3 Å². The number of hydrogen-bond donors (Lipinski definition) is 2. The Kier molecular flexibility index (Phi) is 5.95. The summed E-state index contributed by atoms with van der Waals surface area (Å²) in [5, 5.41) is 14.7. The van der Waals surface area contributed by atoms with Gasteiger partial charge in [-0.3, -0.25) is 4.79 Å². The smallest absolute Gasteiger partial charge is 0.545 e. The van der Waals surface area contributed by atoms with E-state index < -0.39 is 5.97 Å². The third-order valence-corrected chi connectivity index (χ3v) is 6.25. The maximum absolute atomic E-state index is 12.4. The average molecular weight is 436 g/mol. The molecule has 2 aliphatic rings. The number of rotatable bonds is 4. The fourth-order valence-corrected chi connectivity index (χ4v) is 4.26. The molecule has 1 unspecified atom stereocenters. The van der Waals surface area contributed by atoms with Crippen LogP contribution in [0, 0.1) is 18.8 Å². The van der Waals surface area contributed by atoms with Crippen molar-refractivity contribution in [1.29, 1.82) is 0 Å². The van der Waals surface area contributed by atoms with E-state index in [9.17, 15) is 14.7 Å². The van der Waals surface area contributed by atoms with Crippen LogP contribution in [0.2, 0.25) is 15.2 Å². The number of nitrogens with one attached hydrogen (secondary N) is 2. The molecule has 2 aromatic heterocycles. The summed E-state index contributed by atoms with van der Waals surface area (Å²) < 4.78 is 0. The normalized spacial score (nSPS) is 22.4. The zero-order valence-electron chi connectivity index (χ0n) is 15.1. The molecule has 4 rings (SSSR count). The number of carbonyl (C=O) groups excluding carboxylic acids is 2. The molecule has 28 heavy (non-hydrogen) atoms. The van der Waals surface area contributed by atoms with Crippen LogP contribution in [0.4, 0.5) is 5.82 Å². The minimum atomic E-state index is -1.30. The molecule has 1 aliphatic carbocycles. The van der Waals surface area contributed by atoms with Gasteiger partial charge in [0.1, 0.15) is 16.7 Å². The van der Waals surface area contributed by atoms with Crippen molar-refractivity contribution >= 4 is 52.5 Å². The number of nitrogens with zero attached hydrogens (tertiary/aromatic N) is 2. The summed E-state index contributed by atoms with van der Waals surface area (Å²) in [6.07, 6.45) is 0. The van der Waals surface area contributed by atoms with Crippen LogP contribution in [0.25, 0.3) is 0 Å². The zero-order chi connectivity index (χ0) is 19.5. The van der Waals surface area contributed by atoms with Crippen molar-refractivity contribution in [3.05, 3.63) is 44.3 Å². The van der Waals surface area contributed by atoms with Gasteiger partial charge in [0.15, 0.2) is 0 Å². The maximum atomic E-state index is 12.4. The first-order valence-electron chi connectivity index (χ1n) is 8.24. The van der Waals surface area contributed by atoms with Crippen LogP contribution in [0.3, 0.4) is 0 Å². The summed E-state index contributed by atoms with van der Waals surface area (Å²) in [5.74, 6) is -0.584. The van der Waals surface area contributed by atoms with Crippen LogP contribution in [-0.2, 0) is 0 Å². The molecule has 0 bridgehead atoms. The minimum absolute atomic E-state index is 0. The van der Waals surface area contributed by atoms with Gasteiger partial charge in [0.25, 0.3) is 5.91 Å². The van der Waals surface area contributed by atoms with E-state index in [1.807, 2.05) is 4.90 Å². The Labute approximate surface area is 187 Å². The SMILES string of the molecule is Cc1[nH]c(C(=O)NC2[C@H]3CN(c4cc(C(=O)[O-])cc(Cl)n4)C[C@@H]23)c(Cl)c1Cl.[Li+]. The van der Waals surface area contributed by atoms with Crippen molar-refractivity contribution in [2.24, 2.45) is 11.8 Å². The molecular formula is C17H14Cl3LiN4O3. The quantitative estimate of drug-likeness (QED) is 0.470.